The van der Waals surface area contributed by atoms with E-state index in [1.54, 1.807) is 7.11 Å². The van der Waals surface area contributed by atoms with Crippen LogP contribution in [0.25, 0.3) is 0 Å². The quantitative estimate of drug-likeness (QED) is 0.664. The Balaban J connectivity index is 2.40. The molecule has 4 heteroatoms. The van der Waals surface area contributed by atoms with E-state index in [9.17, 15) is 0 Å². The number of nitriles is 1. The first-order valence-corrected chi connectivity index (χ1v) is 7.53. The minimum absolute atomic E-state index is 0.444. The lowest BCUT2D eigenvalue weighted by Gasteiger charge is -2.27. The predicted octanol–water partition coefficient (Wildman–Crippen LogP) is 2.88. The van der Waals surface area contributed by atoms with Gasteiger partial charge in [-0.15, -0.1) is 0 Å². The summed E-state index contributed by atoms with van der Waals surface area (Å²) in [4.78, 5) is 2.38. The predicted molar refractivity (Wildman–Crippen MR) is 84.5 cm³/mol. The number of benzene rings is 1. The zero-order chi connectivity index (χ0) is 15.5. The Bertz CT molecular complexity index is 425. The lowest BCUT2D eigenvalue weighted by Crippen LogP contribution is -2.38. The van der Waals surface area contributed by atoms with Gasteiger partial charge in [0.2, 0.25) is 0 Å². The third kappa shape index (κ3) is 6.61. The maximum Gasteiger partial charge on any atom is 0.119 e. The maximum absolute atomic E-state index is 8.64. The molecular formula is C17H26N2O2. The molecule has 0 heterocycles. The highest BCUT2D eigenvalue weighted by atomic mass is 16.5. The van der Waals surface area contributed by atoms with Crippen molar-refractivity contribution in [1.82, 2.24) is 4.90 Å². The second kappa shape index (κ2) is 10.2. The minimum atomic E-state index is 0.444. The third-order valence-corrected chi connectivity index (χ3v) is 3.65. The Morgan fingerprint density at radius 3 is 2.43 bits per heavy atom. The number of methoxy groups -OCH3 is 1. The van der Waals surface area contributed by atoms with Crippen LogP contribution in [0.1, 0.15) is 25.8 Å². The number of ether oxygens (including phenoxy) is 2. The van der Waals surface area contributed by atoms with Gasteiger partial charge in [-0.1, -0.05) is 19.1 Å². The molecule has 0 aliphatic carbocycles. The van der Waals surface area contributed by atoms with E-state index in [0.29, 0.717) is 19.1 Å². The molecule has 0 aliphatic heterocycles. The van der Waals surface area contributed by atoms with Gasteiger partial charge in [-0.3, -0.25) is 4.90 Å². The molecule has 1 atom stereocenters. The smallest absolute Gasteiger partial charge is 0.119 e. The molecule has 1 aromatic carbocycles. The van der Waals surface area contributed by atoms with Gasteiger partial charge in [0.05, 0.1) is 19.1 Å². The van der Waals surface area contributed by atoms with Gasteiger partial charge in [0.15, 0.2) is 0 Å². The van der Waals surface area contributed by atoms with Crippen LogP contribution in [-0.2, 0) is 11.2 Å². The van der Waals surface area contributed by atoms with Gasteiger partial charge in [0.1, 0.15) is 12.4 Å². The van der Waals surface area contributed by atoms with Gasteiger partial charge in [0, 0.05) is 26.2 Å². The highest BCUT2D eigenvalue weighted by molar-refractivity contribution is 5.28. The molecule has 0 aliphatic rings. The van der Waals surface area contributed by atoms with E-state index in [-0.39, 0.29) is 0 Å². The van der Waals surface area contributed by atoms with Crippen molar-refractivity contribution in [3.8, 4) is 11.8 Å². The van der Waals surface area contributed by atoms with Crippen LogP contribution in [0, 0.1) is 11.3 Å². The molecule has 1 aromatic rings. The molecule has 0 spiro atoms. The molecule has 1 rings (SSSR count). The van der Waals surface area contributed by atoms with Crippen molar-refractivity contribution in [2.45, 2.75) is 32.7 Å². The third-order valence-electron chi connectivity index (χ3n) is 3.65. The topological polar surface area (TPSA) is 45.5 Å². The van der Waals surface area contributed by atoms with Gasteiger partial charge in [-0.25, -0.2) is 0 Å². The number of nitrogens with zero attached hydrogens (tertiary/aromatic N) is 2. The van der Waals surface area contributed by atoms with Crippen LogP contribution in [-0.4, -0.2) is 44.4 Å². The summed E-state index contributed by atoms with van der Waals surface area (Å²) in [6, 6.07) is 10.4. The summed E-state index contributed by atoms with van der Waals surface area (Å²) in [5, 5.41) is 8.64. The van der Waals surface area contributed by atoms with Crippen LogP contribution in [0.3, 0.4) is 0 Å². The summed E-state index contributed by atoms with van der Waals surface area (Å²) in [5.74, 6) is 0.854. The van der Waals surface area contributed by atoms with Gasteiger partial charge >= 0.3 is 0 Å². The molecule has 0 fully saturated rings. The molecule has 21 heavy (non-hydrogen) atoms. The number of hydrogen-bond acceptors (Lipinski definition) is 4. The lowest BCUT2D eigenvalue weighted by atomic mass is 10.2. The summed E-state index contributed by atoms with van der Waals surface area (Å²) in [6.07, 6.45) is 1.56. The Hall–Kier alpha value is -1.57. The first-order valence-electron chi connectivity index (χ1n) is 7.53. The van der Waals surface area contributed by atoms with Crippen molar-refractivity contribution in [2.24, 2.45) is 0 Å². The fraction of sp³-hybridized carbons (Fsp3) is 0.588. The summed E-state index contributed by atoms with van der Waals surface area (Å²) in [6.45, 7) is 7.64. The van der Waals surface area contributed by atoms with Crippen LogP contribution in [0.15, 0.2) is 24.3 Å². The first kappa shape index (κ1) is 17.5. The van der Waals surface area contributed by atoms with E-state index in [0.717, 1.165) is 37.4 Å². The van der Waals surface area contributed by atoms with Gasteiger partial charge in [-0.2, -0.15) is 5.26 Å². The summed E-state index contributed by atoms with van der Waals surface area (Å²) < 4.78 is 10.9. The Labute approximate surface area is 128 Å². The molecule has 0 saturated carbocycles. The van der Waals surface area contributed by atoms with Gasteiger partial charge < -0.3 is 9.47 Å². The normalized spacial score (nSPS) is 12.1. The van der Waals surface area contributed by atoms with E-state index in [2.05, 4.69) is 24.8 Å². The van der Waals surface area contributed by atoms with E-state index >= 15 is 0 Å². The fourth-order valence-electron chi connectivity index (χ4n) is 2.09. The van der Waals surface area contributed by atoms with E-state index in [1.165, 1.54) is 0 Å². The molecule has 0 saturated heterocycles. The molecular weight excluding hydrogens is 264 g/mol. The summed E-state index contributed by atoms with van der Waals surface area (Å²) >= 11 is 0. The molecule has 116 valence electrons. The molecule has 0 aromatic heterocycles. The second-order valence-corrected chi connectivity index (χ2v) is 5.11. The van der Waals surface area contributed by atoms with Gasteiger partial charge in [0.25, 0.3) is 0 Å². The van der Waals surface area contributed by atoms with Crippen molar-refractivity contribution in [3.05, 3.63) is 29.8 Å². The standard InChI is InChI=1S/C17H26N2O2/c1-4-15(2)19(11-13-20-3)12-14-21-17-7-5-16(6-8-17)9-10-18/h5-8,15H,4,9,11-14H2,1-3H3. The Morgan fingerprint density at radius 1 is 1.19 bits per heavy atom. The van der Waals surface area contributed by atoms with Crippen molar-refractivity contribution in [1.29, 1.82) is 5.26 Å². The van der Waals surface area contributed by atoms with E-state index < -0.39 is 0 Å². The largest absolute Gasteiger partial charge is 0.492 e. The molecule has 0 radical (unpaired) electrons. The van der Waals surface area contributed by atoms with Crippen LogP contribution in [0.2, 0.25) is 0 Å². The average Bonchev–Trinajstić information content (AvgIpc) is 2.51. The highest BCUT2D eigenvalue weighted by Crippen LogP contribution is 2.13. The van der Waals surface area contributed by atoms with Gasteiger partial charge in [-0.05, 0) is 31.0 Å². The van der Waals surface area contributed by atoms with Crippen LogP contribution in [0.5, 0.6) is 5.75 Å². The van der Waals surface area contributed by atoms with E-state index in [1.807, 2.05) is 24.3 Å². The minimum Gasteiger partial charge on any atom is -0.492 e. The molecule has 0 N–H and O–H groups in total. The maximum atomic E-state index is 8.64. The Morgan fingerprint density at radius 2 is 1.86 bits per heavy atom. The molecule has 0 bridgehead atoms. The zero-order valence-corrected chi connectivity index (χ0v) is 13.3. The Kier molecular flexibility index (Phi) is 8.49. The van der Waals surface area contributed by atoms with E-state index in [4.69, 9.17) is 14.7 Å². The zero-order valence-electron chi connectivity index (χ0n) is 13.3. The molecule has 4 nitrogen and oxygen atoms in total. The summed E-state index contributed by atoms with van der Waals surface area (Å²) in [5.41, 5.74) is 1.02. The SMILES string of the molecule is CCC(C)N(CCOC)CCOc1ccc(CC#N)cc1. The van der Waals surface area contributed by atoms with Crippen LogP contribution >= 0.6 is 0 Å². The summed E-state index contributed by atoms with van der Waals surface area (Å²) in [7, 11) is 1.73. The van der Waals surface area contributed by atoms with Crippen molar-refractivity contribution >= 4 is 0 Å². The number of hydrogen-bond donors (Lipinski definition) is 0. The first-order chi connectivity index (χ1) is 10.2. The van der Waals surface area contributed by atoms with Crippen molar-refractivity contribution < 1.29 is 9.47 Å². The van der Waals surface area contributed by atoms with Crippen molar-refractivity contribution in [2.75, 3.05) is 33.4 Å². The molecule has 0 amide bonds. The number of rotatable bonds is 10. The fourth-order valence-corrected chi connectivity index (χ4v) is 2.09. The van der Waals surface area contributed by atoms with Crippen LogP contribution < -0.4 is 4.74 Å². The monoisotopic (exact) mass is 290 g/mol. The highest BCUT2D eigenvalue weighted by Gasteiger charge is 2.11. The molecule has 1 unspecified atom stereocenters. The van der Waals surface area contributed by atoms with Crippen LogP contribution in [0.4, 0.5) is 0 Å². The average molecular weight is 290 g/mol. The van der Waals surface area contributed by atoms with Crippen molar-refractivity contribution in [3.63, 3.8) is 0 Å². The lowest BCUT2D eigenvalue weighted by molar-refractivity contribution is 0.109. The second-order valence-electron chi connectivity index (χ2n) is 5.11.